The third-order valence-corrected chi connectivity index (χ3v) is 6.82. The van der Waals surface area contributed by atoms with Crippen LogP contribution in [0.1, 0.15) is 18.7 Å². The first-order valence-corrected chi connectivity index (χ1v) is 11.9. The number of hydrogen-bond donors (Lipinski definition) is 2. The SMILES string of the molecule is Clc1cccc2[nH]c(-c3cccc(-c4n[nH]c(CC5CCN(c6ccncc6)CC5)n4)c3)nc12. The van der Waals surface area contributed by atoms with Crippen LogP contribution in [0.4, 0.5) is 5.69 Å². The molecule has 2 N–H and O–H groups in total. The third-order valence-electron chi connectivity index (χ3n) is 6.51. The topological polar surface area (TPSA) is 86.4 Å². The molecule has 8 heteroatoms. The van der Waals surface area contributed by atoms with Gasteiger partial charge in [0.1, 0.15) is 17.2 Å². The van der Waals surface area contributed by atoms with Gasteiger partial charge in [-0.05, 0) is 49.1 Å². The molecule has 0 radical (unpaired) electrons. The summed E-state index contributed by atoms with van der Waals surface area (Å²) in [5.41, 5.74) is 4.88. The van der Waals surface area contributed by atoms with E-state index in [0.29, 0.717) is 16.8 Å². The maximum absolute atomic E-state index is 6.30. The maximum Gasteiger partial charge on any atom is 0.181 e. The van der Waals surface area contributed by atoms with Gasteiger partial charge < -0.3 is 9.88 Å². The number of nitrogens with zero attached hydrogens (tertiary/aromatic N) is 5. The number of halogens is 1. The molecule has 0 saturated carbocycles. The van der Waals surface area contributed by atoms with E-state index in [1.165, 1.54) is 5.69 Å². The van der Waals surface area contributed by atoms with Crippen molar-refractivity contribution in [2.24, 2.45) is 5.92 Å². The fourth-order valence-corrected chi connectivity index (χ4v) is 4.90. The van der Waals surface area contributed by atoms with E-state index in [4.69, 9.17) is 16.6 Å². The molecule has 4 heterocycles. The van der Waals surface area contributed by atoms with Crippen LogP contribution in [0, 0.1) is 5.92 Å². The monoisotopic (exact) mass is 469 g/mol. The molecule has 1 aliphatic heterocycles. The largest absolute Gasteiger partial charge is 0.371 e. The third kappa shape index (κ3) is 4.15. The summed E-state index contributed by atoms with van der Waals surface area (Å²) < 4.78 is 0. The first-order chi connectivity index (χ1) is 16.7. The standard InChI is InChI=1S/C26H24ClN7/c27-21-5-2-6-22-24(21)31-25(29-22)18-3-1-4-19(16-18)26-30-23(32-33-26)15-17-9-13-34(14-10-17)20-7-11-28-12-8-20/h1-8,11-12,16-17H,9-10,13-15H2,(H,29,31)(H,30,32,33). The van der Waals surface area contributed by atoms with Gasteiger partial charge in [-0.1, -0.05) is 35.9 Å². The Kier molecular flexibility index (Phi) is 5.47. The van der Waals surface area contributed by atoms with E-state index in [1.807, 2.05) is 48.8 Å². The predicted octanol–water partition coefficient (Wildman–Crippen LogP) is 5.52. The van der Waals surface area contributed by atoms with E-state index in [-0.39, 0.29) is 0 Å². The molecule has 0 atom stereocenters. The number of aromatic nitrogens is 6. The van der Waals surface area contributed by atoms with Gasteiger partial charge in [-0.2, -0.15) is 5.10 Å². The number of imidazole rings is 1. The number of aromatic amines is 2. The molecule has 0 amide bonds. The lowest BCUT2D eigenvalue weighted by atomic mass is 9.93. The van der Waals surface area contributed by atoms with Crippen molar-refractivity contribution in [2.45, 2.75) is 19.3 Å². The van der Waals surface area contributed by atoms with Gasteiger partial charge >= 0.3 is 0 Å². The number of benzene rings is 2. The van der Waals surface area contributed by atoms with Crippen molar-refractivity contribution in [1.29, 1.82) is 0 Å². The number of fused-ring (bicyclic) bond motifs is 1. The molecule has 0 bridgehead atoms. The highest BCUT2D eigenvalue weighted by Gasteiger charge is 2.21. The Morgan fingerprint density at radius 3 is 2.56 bits per heavy atom. The van der Waals surface area contributed by atoms with E-state index in [0.717, 1.165) is 66.2 Å². The van der Waals surface area contributed by atoms with Crippen LogP contribution in [0.15, 0.2) is 67.0 Å². The number of nitrogens with one attached hydrogen (secondary N) is 2. The van der Waals surface area contributed by atoms with Crippen LogP contribution in [0.25, 0.3) is 33.8 Å². The lowest BCUT2D eigenvalue weighted by molar-refractivity contribution is 0.397. The molecule has 7 nitrogen and oxygen atoms in total. The molecule has 5 aromatic rings. The van der Waals surface area contributed by atoms with Gasteiger partial charge in [-0.15, -0.1) is 0 Å². The van der Waals surface area contributed by atoms with Crippen molar-refractivity contribution < 1.29 is 0 Å². The van der Waals surface area contributed by atoms with Crippen molar-refractivity contribution >= 4 is 28.3 Å². The van der Waals surface area contributed by atoms with Crippen LogP contribution in [-0.2, 0) is 6.42 Å². The molecule has 1 aliphatic rings. The van der Waals surface area contributed by atoms with E-state index in [9.17, 15) is 0 Å². The fraction of sp³-hybridized carbons (Fsp3) is 0.231. The van der Waals surface area contributed by atoms with Crippen LogP contribution in [-0.4, -0.2) is 43.2 Å². The molecule has 34 heavy (non-hydrogen) atoms. The number of hydrogen-bond acceptors (Lipinski definition) is 5. The van der Waals surface area contributed by atoms with Crippen LogP contribution in [0.5, 0.6) is 0 Å². The van der Waals surface area contributed by atoms with Crippen molar-refractivity contribution in [3.63, 3.8) is 0 Å². The van der Waals surface area contributed by atoms with Gasteiger partial charge in [0.2, 0.25) is 0 Å². The molecule has 6 rings (SSSR count). The zero-order valence-electron chi connectivity index (χ0n) is 18.6. The summed E-state index contributed by atoms with van der Waals surface area (Å²) in [6, 6.07) is 18.0. The second-order valence-electron chi connectivity index (χ2n) is 8.75. The Morgan fingerprint density at radius 2 is 1.74 bits per heavy atom. The fourth-order valence-electron chi connectivity index (χ4n) is 4.68. The molecule has 0 unspecified atom stereocenters. The van der Waals surface area contributed by atoms with Crippen LogP contribution in [0.3, 0.4) is 0 Å². The second-order valence-corrected chi connectivity index (χ2v) is 9.16. The van der Waals surface area contributed by atoms with Gasteiger partial charge in [0.15, 0.2) is 5.82 Å². The first-order valence-electron chi connectivity index (χ1n) is 11.5. The van der Waals surface area contributed by atoms with E-state index >= 15 is 0 Å². The van der Waals surface area contributed by atoms with Crippen molar-refractivity contribution in [2.75, 3.05) is 18.0 Å². The normalized spacial score (nSPS) is 14.7. The lowest BCUT2D eigenvalue weighted by Crippen LogP contribution is -2.34. The minimum Gasteiger partial charge on any atom is -0.371 e. The second kappa shape index (κ2) is 8.91. The average molecular weight is 470 g/mol. The highest BCUT2D eigenvalue weighted by atomic mass is 35.5. The molecule has 170 valence electrons. The van der Waals surface area contributed by atoms with Crippen LogP contribution in [0.2, 0.25) is 5.02 Å². The zero-order chi connectivity index (χ0) is 22.9. The molecular formula is C26H24ClN7. The molecule has 3 aromatic heterocycles. The highest BCUT2D eigenvalue weighted by molar-refractivity contribution is 6.35. The summed E-state index contributed by atoms with van der Waals surface area (Å²) in [6.07, 6.45) is 6.91. The number of anilines is 1. The smallest absolute Gasteiger partial charge is 0.181 e. The Morgan fingerprint density at radius 1 is 0.941 bits per heavy atom. The summed E-state index contributed by atoms with van der Waals surface area (Å²) in [4.78, 5) is 19.4. The number of piperidine rings is 1. The Bertz CT molecular complexity index is 1420. The van der Waals surface area contributed by atoms with Gasteiger partial charge in [0, 0.05) is 48.7 Å². The molecule has 1 fully saturated rings. The van der Waals surface area contributed by atoms with Gasteiger partial charge in [-0.3, -0.25) is 10.1 Å². The van der Waals surface area contributed by atoms with Crippen LogP contribution < -0.4 is 4.90 Å². The van der Waals surface area contributed by atoms with Crippen LogP contribution >= 0.6 is 11.6 Å². The van der Waals surface area contributed by atoms with Crippen molar-refractivity contribution in [1.82, 2.24) is 30.1 Å². The summed E-state index contributed by atoms with van der Waals surface area (Å²) in [5, 5.41) is 8.30. The number of H-pyrrole nitrogens is 2. The predicted molar refractivity (Wildman–Crippen MR) is 135 cm³/mol. The minimum atomic E-state index is 0.602. The zero-order valence-corrected chi connectivity index (χ0v) is 19.3. The maximum atomic E-state index is 6.30. The molecule has 0 aliphatic carbocycles. The quantitative estimate of drug-likeness (QED) is 0.354. The van der Waals surface area contributed by atoms with Crippen molar-refractivity contribution in [3.05, 3.63) is 77.8 Å². The average Bonchev–Trinajstić information content (AvgIpc) is 3.54. The van der Waals surface area contributed by atoms with E-state index < -0.39 is 0 Å². The Labute approximate surface area is 202 Å². The minimum absolute atomic E-state index is 0.602. The Hall–Kier alpha value is -3.71. The summed E-state index contributed by atoms with van der Waals surface area (Å²) in [7, 11) is 0. The van der Waals surface area contributed by atoms with E-state index in [1.54, 1.807) is 0 Å². The molecule has 1 saturated heterocycles. The van der Waals surface area contributed by atoms with Gasteiger partial charge in [-0.25, -0.2) is 9.97 Å². The summed E-state index contributed by atoms with van der Waals surface area (Å²) >= 11 is 6.30. The molecule has 0 spiro atoms. The summed E-state index contributed by atoms with van der Waals surface area (Å²) in [5.74, 6) is 3.03. The molecular weight excluding hydrogens is 446 g/mol. The lowest BCUT2D eigenvalue weighted by Gasteiger charge is -2.33. The van der Waals surface area contributed by atoms with Crippen molar-refractivity contribution in [3.8, 4) is 22.8 Å². The number of pyridine rings is 1. The number of rotatable bonds is 5. The Balaban J connectivity index is 1.15. The first kappa shape index (κ1) is 20.9. The highest BCUT2D eigenvalue weighted by Crippen LogP contribution is 2.28. The number of para-hydroxylation sites is 1. The van der Waals surface area contributed by atoms with Gasteiger partial charge in [0.05, 0.1) is 10.5 Å². The van der Waals surface area contributed by atoms with Gasteiger partial charge in [0.25, 0.3) is 0 Å². The molecule has 2 aromatic carbocycles. The summed E-state index contributed by atoms with van der Waals surface area (Å²) in [6.45, 7) is 2.11. The van der Waals surface area contributed by atoms with E-state index in [2.05, 4.69) is 48.2 Å².